The Kier molecular flexibility index (Phi) is 3.27. The first kappa shape index (κ1) is 13.0. The molecule has 0 spiro atoms. The van der Waals surface area contributed by atoms with Crippen LogP contribution in [0.15, 0.2) is 0 Å². The average Bonchev–Trinajstić information content (AvgIpc) is 2.09. The first-order valence-electron chi connectivity index (χ1n) is 6.31. The Balaban J connectivity index is 2.79. The minimum absolute atomic E-state index is 0.330. The van der Waals surface area contributed by atoms with E-state index in [-0.39, 0.29) is 0 Å². The normalized spacial score (nSPS) is 27.4. The quantitative estimate of drug-likeness (QED) is 0.587. The summed E-state index contributed by atoms with van der Waals surface area (Å²) in [6.45, 7) is 19.2. The topological polar surface area (TPSA) is 3.24 Å². The Hall–Kier alpha value is -0.0400. The van der Waals surface area contributed by atoms with Crippen LogP contribution in [0.4, 0.5) is 0 Å². The average molecular weight is 211 g/mol. The van der Waals surface area contributed by atoms with Crippen molar-refractivity contribution in [3.63, 3.8) is 0 Å². The summed E-state index contributed by atoms with van der Waals surface area (Å²) >= 11 is 0. The van der Waals surface area contributed by atoms with Crippen LogP contribution in [-0.4, -0.2) is 23.5 Å². The lowest BCUT2D eigenvalue weighted by Crippen LogP contribution is -2.42. The zero-order valence-corrected chi connectivity index (χ0v) is 11.8. The second kappa shape index (κ2) is 3.76. The van der Waals surface area contributed by atoms with Crippen LogP contribution in [0.2, 0.25) is 0 Å². The molecule has 1 rings (SSSR count). The summed E-state index contributed by atoms with van der Waals surface area (Å²) in [5, 5.41) is 0. The molecule has 0 saturated carbocycles. The fourth-order valence-corrected chi connectivity index (χ4v) is 2.29. The molecule has 0 aromatic heterocycles. The summed E-state index contributed by atoms with van der Waals surface area (Å²) in [6, 6.07) is 0. The molecule has 0 N–H and O–H groups in total. The van der Waals surface area contributed by atoms with Gasteiger partial charge in [0.2, 0.25) is 0 Å². The Labute approximate surface area is 96.2 Å². The van der Waals surface area contributed by atoms with Crippen LogP contribution in [0.3, 0.4) is 0 Å². The van der Waals surface area contributed by atoms with Crippen LogP contribution in [0.5, 0.6) is 0 Å². The van der Waals surface area contributed by atoms with E-state index >= 15 is 0 Å². The van der Waals surface area contributed by atoms with Crippen molar-refractivity contribution in [2.75, 3.05) is 13.1 Å². The lowest BCUT2D eigenvalue weighted by Gasteiger charge is -2.40. The van der Waals surface area contributed by atoms with Gasteiger partial charge in [-0.1, -0.05) is 27.7 Å². The molecule has 15 heavy (non-hydrogen) atoms. The Morgan fingerprint density at radius 1 is 0.800 bits per heavy atom. The summed E-state index contributed by atoms with van der Waals surface area (Å²) in [4.78, 5) is 2.64. The Morgan fingerprint density at radius 2 is 1.13 bits per heavy atom. The molecule has 1 nitrogen and oxygen atoms in total. The molecule has 0 aliphatic carbocycles. The largest absolute Gasteiger partial charge is 0.298 e. The Morgan fingerprint density at radius 3 is 1.40 bits per heavy atom. The fraction of sp³-hybridized carbons (Fsp3) is 1.00. The molecule has 0 aromatic rings. The first-order chi connectivity index (χ1) is 6.56. The molecule has 1 aliphatic heterocycles. The third-order valence-corrected chi connectivity index (χ3v) is 4.79. The van der Waals surface area contributed by atoms with E-state index in [9.17, 15) is 0 Å². The minimum Gasteiger partial charge on any atom is -0.298 e. The maximum absolute atomic E-state index is 2.64. The molecule has 1 heteroatoms. The second-order valence-electron chi connectivity index (χ2n) is 7.43. The van der Waals surface area contributed by atoms with Crippen LogP contribution in [0, 0.1) is 10.8 Å². The van der Waals surface area contributed by atoms with Crippen LogP contribution in [0.25, 0.3) is 0 Å². The SMILES string of the molecule is CC(C)(C)N1CCC(C)(C)C(C)(C)CC1. The zero-order valence-electron chi connectivity index (χ0n) is 11.8. The molecule has 90 valence electrons. The van der Waals surface area contributed by atoms with Gasteiger partial charge in [-0.15, -0.1) is 0 Å². The molecule has 1 aliphatic rings. The van der Waals surface area contributed by atoms with Gasteiger partial charge in [0.1, 0.15) is 0 Å². The summed E-state index contributed by atoms with van der Waals surface area (Å²) in [6.07, 6.45) is 2.63. The second-order valence-corrected chi connectivity index (χ2v) is 7.43. The lowest BCUT2D eigenvalue weighted by molar-refractivity contribution is 0.106. The summed E-state index contributed by atoms with van der Waals surface area (Å²) in [7, 11) is 0. The predicted molar refractivity (Wildman–Crippen MR) is 68.1 cm³/mol. The van der Waals surface area contributed by atoms with E-state index in [2.05, 4.69) is 53.4 Å². The number of hydrogen-bond acceptors (Lipinski definition) is 1. The van der Waals surface area contributed by atoms with E-state index in [0.717, 1.165) is 0 Å². The standard InChI is InChI=1S/C14H29N/c1-12(2,3)15-10-8-13(4,5)14(6,7)9-11-15/h8-11H2,1-7H3. The number of rotatable bonds is 0. The summed E-state index contributed by atoms with van der Waals surface area (Å²) in [5.41, 5.74) is 1.26. The van der Waals surface area contributed by atoms with Gasteiger partial charge in [0.05, 0.1) is 0 Å². The molecule has 1 saturated heterocycles. The van der Waals surface area contributed by atoms with Crippen molar-refractivity contribution in [2.24, 2.45) is 10.8 Å². The van der Waals surface area contributed by atoms with Crippen LogP contribution >= 0.6 is 0 Å². The maximum Gasteiger partial charge on any atom is 0.0125 e. The summed E-state index contributed by atoms with van der Waals surface area (Å²) in [5.74, 6) is 0. The van der Waals surface area contributed by atoms with Crippen LogP contribution in [-0.2, 0) is 0 Å². The van der Waals surface area contributed by atoms with Crippen molar-refractivity contribution in [1.82, 2.24) is 4.90 Å². The first-order valence-corrected chi connectivity index (χ1v) is 6.31. The lowest BCUT2D eigenvalue weighted by atomic mass is 9.65. The molecule has 0 amide bonds. The number of nitrogens with zero attached hydrogens (tertiary/aromatic N) is 1. The highest BCUT2D eigenvalue weighted by Gasteiger charge is 2.40. The van der Waals surface area contributed by atoms with Gasteiger partial charge in [0.15, 0.2) is 0 Å². The smallest absolute Gasteiger partial charge is 0.0125 e. The van der Waals surface area contributed by atoms with E-state index < -0.39 is 0 Å². The van der Waals surface area contributed by atoms with Crippen molar-refractivity contribution >= 4 is 0 Å². The molecule has 1 fully saturated rings. The van der Waals surface area contributed by atoms with Gasteiger partial charge in [0, 0.05) is 5.54 Å². The monoisotopic (exact) mass is 211 g/mol. The maximum atomic E-state index is 2.64. The fourth-order valence-electron chi connectivity index (χ4n) is 2.29. The van der Waals surface area contributed by atoms with Gasteiger partial charge in [-0.2, -0.15) is 0 Å². The Bertz CT molecular complexity index is 202. The van der Waals surface area contributed by atoms with Gasteiger partial charge in [-0.25, -0.2) is 0 Å². The van der Waals surface area contributed by atoms with Crippen LogP contribution in [0.1, 0.15) is 61.3 Å². The highest BCUT2D eigenvalue weighted by atomic mass is 15.2. The van der Waals surface area contributed by atoms with Crippen molar-refractivity contribution in [3.8, 4) is 0 Å². The third kappa shape index (κ3) is 2.75. The summed E-state index contributed by atoms with van der Waals surface area (Å²) < 4.78 is 0. The molecule has 0 radical (unpaired) electrons. The molecule has 1 heterocycles. The van der Waals surface area contributed by atoms with Gasteiger partial charge in [-0.05, 0) is 57.5 Å². The minimum atomic E-state index is 0.330. The van der Waals surface area contributed by atoms with Gasteiger partial charge >= 0.3 is 0 Å². The third-order valence-electron chi connectivity index (χ3n) is 4.79. The highest BCUT2D eigenvalue weighted by molar-refractivity contribution is 4.92. The van der Waals surface area contributed by atoms with E-state index in [1.165, 1.54) is 25.9 Å². The van der Waals surface area contributed by atoms with Gasteiger partial charge in [-0.3, -0.25) is 4.90 Å². The molecule has 0 aromatic carbocycles. The zero-order chi connectivity index (χ0) is 11.9. The van der Waals surface area contributed by atoms with Crippen molar-refractivity contribution in [2.45, 2.75) is 66.8 Å². The number of hydrogen-bond donors (Lipinski definition) is 0. The number of likely N-dealkylation sites (tertiary alicyclic amines) is 1. The highest BCUT2D eigenvalue weighted by Crippen LogP contribution is 2.46. The van der Waals surface area contributed by atoms with E-state index in [1.54, 1.807) is 0 Å². The molecular weight excluding hydrogens is 182 g/mol. The van der Waals surface area contributed by atoms with E-state index in [0.29, 0.717) is 16.4 Å². The van der Waals surface area contributed by atoms with Crippen LogP contribution < -0.4 is 0 Å². The van der Waals surface area contributed by atoms with E-state index in [1.807, 2.05) is 0 Å². The predicted octanol–water partition coefficient (Wildman–Crippen LogP) is 3.93. The van der Waals surface area contributed by atoms with Gasteiger partial charge < -0.3 is 0 Å². The molecule has 0 unspecified atom stereocenters. The van der Waals surface area contributed by atoms with Crippen molar-refractivity contribution in [3.05, 3.63) is 0 Å². The van der Waals surface area contributed by atoms with Gasteiger partial charge in [0.25, 0.3) is 0 Å². The van der Waals surface area contributed by atoms with Crippen molar-refractivity contribution < 1.29 is 0 Å². The van der Waals surface area contributed by atoms with Crippen molar-refractivity contribution in [1.29, 1.82) is 0 Å². The molecular formula is C14H29N. The molecule has 0 bridgehead atoms. The van der Waals surface area contributed by atoms with E-state index in [4.69, 9.17) is 0 Å². The molecule has 0 atom stereocenters.